The highest BCUT2D eigenvalue weighted by atomic mass is 35.5. The maximum atomic E-state index is 12.0. The number of carbonyl (C=O) groups is 1. The van der Waals surface area contributed by atoms with E-state index in [9.17, 15) is 4.79 Å². The van der Waals surface area contributed by atoms with Crippen LogP contribution < -0.4 is 0 Å². The lowest BCUT2D eigenvalue weighted by molar-refractivity contribution is 0.0858. The van der Waals surface area contributed by atoms with Crippen molar-refractivity contribution in [3.63, 3.8) is 0 Å². The van der Waals surface area contributed by atoms with Crippen molar-refractivity contribution in [2.24, 2.45) is 5.41 Å². The zero-order chi connectivity index (χ0) is 10.9. The quantitative estimate of drug-likeness (QED) is 0.643. The predicted octanol–water partition coefficient (Wildman–Crippen LogP) is 3.88. The van der Waals surface area contributed by atoms with Crippen LogP contribution in [-0.2, 0) is 0 Å². The summed E-state index contributed by atoms with van der Waals surface area (Å²) in [6.07, 6.45) is 0. The summed E-state index contributed by atoms with van der Waals surface area (Å²) in [6.45, 7) is 7.61. The molecule has 0 amide bonds. The molecule has 0 radical (unpaired) electrons. The molecule has 1 aromatic carbocycles. The third kappa shape index (κ3) is 2.16. The van der Waals surface area contributed by atoms with Gasteiger partial charge >= 0.3 is 0 Å². The number of halogens is 1. The van der Waals surface area contributed by atoms with Gasteiger partial charge in [-0.15, -0.1) is 0 Å². The molecule has 0 aliphatic heterocycles. The number of benzene rings is 1. The smallest absolute Gasteiger partial charge is 0.169 e. The van der Waals surface area contributed by atoms with E-state index in [2.05, 4.69) is 0 Å². The molecule has 0 saturated carbocycles. The van der Waals surface area contributed by atoms with Crippen LogP contribution in [-0.4, -0.2) is 5.78 Å². The van der Waals surface area contributed by atoms with E-state index >= 15 is 0 Å². The second kappa shape index (κ2) is 3.74. The average molecular weight is 211 g/mol. The molecule has 0 saturated heterocycles. The van der Waals surface area contributed by atoms with Crippen LogP contribution in [0.25, 0.3) is 0 Å². The molecule has 1 nitrogen and oxygen atoms in total. The summed E-state index contributed by atoms with van der Waals surface area (Å²) < 4.78 is 0. The Labute approximate surface area is 90.1 Å². The molecule has 0 aliphatic rings. The summed E-state index contributed by atoms with van der Waals surface area (Å²) in [7, 11) is 0. The summed E-state index contributed by atoms with van der Waals surface area (Å²) in [5.74, 6) is 0.0978. The minimum atomic E-state index is -0.379. The molecule has 0 N–H and O–H groups in total. The second-order valence-electron chi connectivity index (χ2n) is 4.51. The van der Waals surface area contributed by atoms with Gasteiger partial charge in [0.15, 0.2) is 5.78 Å². The third-order valence-electron chi connectivity index (χ3n) is 2.13. The van der Waals surface area contributed by atoms with Crippen LogP contribution in [0.3, 0.4) is 0 Å². The Morgan fingerprint density at radius 3 is 2.29 bits per heavy atom. The molecule has 0 heterocycles. The number of ketones is 1. The van der Waals surface area contributed by atoms with Gasteiger partial charge in [0.25, 0.3) is 0 Å². The molecule has 0 aromatic heterocycles. The molecular weight excluding hydrogens is 196 g/mol. The molecule has 0 unspecified atom stereocenters. The number of carbonyl (C=O) groups excluding carboxylic acids is 1. The minimum Gasteiger partial charge on any atom is -0.294 e. The highest BCUT2D eigenvalue weighted by molar-refractivity contribution is 6.34. The van der Waals surface area contributed by atoms with Crippen LogP contribution in [0, 0.1) is 12.3 Å². The Balaban J connectivity index is 3.26. The third-order valence-corrected chi connectivity index (χ3v) is 2.45. The number of hydrogen-bond acceptors (Lipinski definition) is 1. The van der Waals surface area contributed by atoms with Crippen molar-refractivity contribution in [1.82, 2.24) is 0 Å². The van der Waals surface area contributed by atoms with Crippen molar-refractivity contribution in [3.8, 4) is 0 Å². The molecule has 0 fully saturated rings. The molecule has 0 aliphatic carbocycles. The van der Waals surface area contributed by atoms with Gasteiger partial charge in [0.2, 0.25) is 0 Å². The fraction of sp³-hybridized carbons (Fsp3) is 0.417. The van der Waals surface area contributed by atoms with Gasteiger partial charge in [0.1, 0.15) is 0 Å². The van der Waals surface area contributed by atoms with Gasteiger partial charge in [-0.3, -0.25) is 4.79 Å². The van der Waals surface area contributed by atoms with Crippen molar-refractivity contribution in [2.45, 2.75) is 27.7 Å². The summed E-state index contributed by atoms with van der Waals surface area (Å²) in [5.41, 5.74) is 1.22. The van der Waals surface area contributed by atoms with Gasteiger partial charge in [-0.1, -0.05) is 44.5 Å². The van der Waals surface area contributed by atoms with Crippen LogP contribution in [0.15, 0.2) is 18.2 Å². The van der Waals surface area contributed by atoms with Gasteiger partial charge in [-0.25, -0.2) is 0 Å². The highest BCUT2D eigenvalue weighted by Gasteiger charge is 2.25. The summed E-state index contributed by atoms with van der Waals surface area (Å²) >= 11 is 6.01. The Hall–Kier alpha value is -0.820. The first-order valence-electron chi connectivity index (χ1n) is 4.64. The standard InChI is InChI=1S/C12H15ClO/c1-8-6-5-7-9(13)10(8)11(14)12(2,3)4/h5-7H,1-4H3. The Morgan fingerprint density at radius 2 is 1.86 bits per heavy atom. The molecule has 14 heavy (non-hydrogen) atoms. The minimum absolute atomic E-state index is 0.0978. The van der Waals surface area contributed by atoms with Crippen molar-refractivity contribution in [1.29, 1.82) is 0 Å². The Morgan fingerprint density at radius 1 is 1.29 bits per heavy atom. The second-order valence-corrected chi connectivity index (χ2v) is 4.92. The highest BCUT2D eigenvalue weighted by Crippen LogP contribution is 2.28. The van der Waals surface area contributed by atoms with Crippen LogP contribution in [0.1, 0.15) is 36.7 Å². The maximum Gasteiger partial charge on any atom is 0.169 e. The van der Waals surface area contributed by atoms with Crippen LogP contribution >= 0.6 is 11.6 Å². The zero-order valence-electron chi connectivity index (χ0n) is 9.02. The van der Waals surface area contributed by atoms with Crippen LogP contribution in [0.4, 0.5) is 0 Å². The molecule has 1 aromatic rings. The molecule has 0 bridgehead atoms. The first-order valence-corrected chi connectivity index (χ1v) is 5.02. The topological polar surface area (TPSA) is 17.1 Å². The van der Waals surface area contributed by atoms with Crippen molar-refractivity contribution in [2.75, 3.05) is 0 Å². The van der Waals surface area contributed by atoms with Crippen molar-refractivity contribution >= 4 is 17.4 Å². The SMILES string of the molecule is Cc1cccc(Cl)c1C(=O)C(C)(C)C. The van der Waals surface area contributed by atoms with E-state index in [1.165, 1.54) is 0 Å². The lowest BCUT2D eigenvalue weighted by Crippen LogP contribution is -2.21. The van der Waals surface area contributed by atoms with Crippen molar-refractivity contribution < 1.29 is 4.79 Å². The van der Waals surface area contributed by atoms with E-state index in [1.54, 1.807) is 6.07 Å². The normalized spacial score (nSPS) is 11.5. The van der Waals surface area contributed by atoms with Crippen LogP contribution in [0.5, 0.6) is 0 Å². The Kier molecular flexibility index (Phi) is 3.01. The number of Topliss-reactive ketones (excluding diaryl/α,β-unsaturated/α-hetero) is 1. The lowest BCUT2D eigenvalue weighted by atomic mass is 9.85. The largest absolute Gasteiger partial charge is 0.294 e. The zero-order valence-corrected chi connectivity index (χ0v) is 9.77. The van der Waals surface area contributed by atoms with E-state index in [-0.39, 0.29) is 11.2 Å². The number of aryl methyl sites for hydroxylation is 1. The van der Waals surface area contributed by atoms with E-state index < -0.39 is 0 Å². The Bertz CT molecular complexity index is 341. The van der Waals surface area contributed by atoms with Gasteiger partial charge < -0.3 is 0 Å². The average Bonchev–Trinajstić information content (AvgIpc) is 2.01. The van der Waals surface area contributed by atoms with E-state index in [0.717, 1.165) is 5.56 Å². The predicted molar refractivity (Wildman–Crippen MR) is 60.0 cm³/mol. The number of hydrogen-bond donors (Lipinski definition) is 0. The molecule has 2 heteroatoms. The van der Waals surface area contributed by atoms with Crippen molar-refractivity contribution in [3.05, 3.63) is 34.3 Å². The fourth-order valence-corrected chi connectivity index (χ4v) is 1.60. The molecular formula is C12H15ClO. The summed E-state index contributed by atoms with van der Waals surface area (Å²) in [4.78, 5) is 12.0. The molecule has 76 valence electrons. The van der Waals surface area contributed by atoms with Gasteiger partial charge in [0, 0.05) is 11.0 Å². The summed E-state index contributed by atoms with van der Waals surface area (Å²) in [5, 5.41) is 0.546. The van der Waals surface area contributed by atoms with Gasteiger partial charge in [0.05, 0.1) is 5.02 Å². The lowest BCUT2D eigenvalue weighted by Gasteiger charge is -2.18. The first kappa shape index (κ1) is 11.3. The number of rotatable bonds is 1. The van der Waals surface area contributed by atoms with Crippen LogP contribution in [0.2, 0.25) is 5.02 Å². The fourth-order valence-electron chi connectivity index (χ4n) is 1.29. The maximum absolute atomic E-state index is 12.0. The van der Waals surface area contributed by atoms with E-state index in [1.807, 2.05) is 39.8 Å². The first-order chi connectivity index (χ1) is 6.34. The monoisotopic (exact) mass is 210 g/mol. The molecule has 0 spiro atoms. The van der Waals surface area contributed by atoms with E-state index in [4.69, 9.17) is 11.6 Å². The van der Waals surface area contributed by atoms with E-state index in [0.29, 0.717) is 10.6 Å². The van der Waals surface area contributed by atoms with Gasteiger partial charge in [-0.05, 0) is 18.6 Å². The molecule has 0 atom stereocenters. The molecule has 1 rings (SSSR count). The van der Waals surface area contributed by atoms with Gasteiger partial charge in [-0.2, -0.15) is 0 Å². The summed E-state index contributed by atoms with van der Waals surface area (Å²) in [6, 6.07) is 5.52.